The number of amides is 1. The Morgan fingerprint density at radius 3 is 2.84 bits per heavy atom. The Bertz CT molecular complexity index is 971. The Kier molecular flexibility index (Phi) is 3.31. The number of ether oxygens (including phenoxy) is 1. The molecule has 0 bridgehead atoms. The van der Waals surface area contributed by atoms with E-state index < -0.39 is 11.3 Å². The fourth-order valence-electron chi connectivity index (χ4n) is 3.90. The van der Waals surface area contributed by atoms with Gasteiger partial charge in [0.05, 0.1) is 5.57 Å². The summed E-state index contributed by atoms with van der Waals surface area (Å²) in [4.78, 5) is 25.9. The molecule has 1 amide bonds. The molecule has 3 N–H and O–H groups in total. The lowest BCUT2D eigenvalue weighted by Crippen LogP contribution is -2.46. The zero-order valence-electron chi connectivity index (χ0n) is 13.4. The number of hydrogen-bond acceptors (Lipinski definition) is 5. The number of halogens is 1. The molecule has 126 valence electrons. The predicted molar refractivity (Wildman–Crippen MR) is 93.0 cm³/mol. The van der Waals surface area contributed by atoms with Gasteiger partial charge in [0, 0.05) is 28.6 Å². The van der Waals surface area contributed by atoms with Crippen LogP contribution in [0.25, 0.3) is 0 Å². The van der Waals surface area contributed by atoms with E-state index in [9.17, 15) is 14.9 Å². The van der Waals surface area contributed by atoms with Crippen molar-refractivity contribution in [3.05, 3.63) is 50.5 Å². The van der Waals surface area contributed by atoms with Crippen LogP contribution in [0.3, 0.4) is 0 Å². The van der Waals surface area contributed by atoms with Gasteiger partial charge in [-0.3, -0.25) is 9.59 Å². The van der Waals surface area contributed by atoms with Crippen LogP contribution in [0.4, 0.5) is 5.69 Å². The maximum Gasteiger partial charge on any atom is 0.245 e. The van der Waals surface area contributed by atoms with E-state index in [1.165, 1.54) is 0 Å². The molecule has 1 aromatic rings. The van der Waals surface area contributed by atoms with E-state index in [0.29, 0.717) is 36.3 Å². The molecule has 1 spiro atoms. The van der Waals surface area contributed by atoms with Crippen molar-refractivity contribution in [1.29, 1.82) is 5.26 Å². The Hall–Kier alpha value is -2.59. The number of allylic oxidation sites excluding steroid dienone is 1. The smallest absolute Gasteiger partial charge is 0.245 e. The van der Waals surface area contributed by atoms with Gasteiger partial charge in [-0.1, -0.05) is 22.0 Å². The maximum atomic E-state index is 13.1. The number of rotatable bonds is 0. The number of nitriles is 1. The average Bonchev–Trinajstić information content (AvgIpc) is 2.81. The number of fused-ring (bicyclic) bond motifs is 3. The molecule has 0 aromatic heterocycles. The van der Waals surface area contributed by atoms with E-state index in [-0.39, 0.29) is 22.8 Å². The third kappa shape index (κ3) is 1.89. The van der Waals surface area contributed by atoms with E-state index in [2.05, 4.69) is 21.2 Å². The Morgan fingerprint density at radius 1 is 1.36 bits per heavy atom. The van der Waals surface area contributed by atoms with Crippen molar-refractivity contribution in [3.63, 3.8) is 0 Å². The fraction of sp³-hybridized carbons (Fsp3) is 0.278. The minimum Gasteiger partial charge on any atom is -0.444 e. The molecular formula is C18H14BrN3O3. The second kappa shape index (κ2) is 5.20. The average molecular weight is 400 g/mol. The zero-order valence-corrected chi connectivity index (χ0v) is 15.0. The topological polar surface area (TPSA) is 105 Å². The van der Waals surface area contributed by atoms with Gasteiger partial charge in [-0.25, -0.2) is 0 Å². The highest BCUT2D eigenvalue weighted by atomic mass is 79.9. The summed E-state index contributed by atoms with van der Waals surface area (Å²) in [5.74, 6) is -0.327. The Morgan fingerprint density at radius 2 is 2.12 bits per heavy atom. The van der Waals surface area contributed by atoms with E-state index in [4.69, 9.17) is 10.5 Å². The maximum absolute atomic E-state index is 13.1. The first kappa shape index (κ1) is 15.9. The number of hydrogen-bond donors (Lipinski definition) is 2. The van der Waals surface area contributed by atoms with Crippen LogP contribution in [0.5, 0.6) is 0 Å². The van der Waals surface area contributed by atoms with Crippen LogP contribution in [0.2, 0.25) is 0 Å². The molecule has 0 saturated heterocycles. The minimum atomic E-state index is -1.52. The van der Waals surface area contributed by atoms with Crippen molar-refractivity contribution >= 4 is 33.3 Å². The lowest BCUT2D eigenvalue weighted by Gasteiger charge is -2.37. The van der Waals surface area contributed by atoms with Crippen molar-refractivity contribution in [2.24, 2.45) is 5.73 Å². The van der Waals surface area contributed by atoms with Gasteiger partial charge in [-0.05, 0) is 25.0 Å². The van der Waals surface area contributed by atoms with Gasteiger partial charge in [0.15, 0.2) is 5.78 Å². The lowest BCUT2D eigenvalue weighted by atomic mass is 9.65. The molecule has 4 rings (SSSR count). The molecule has 0 saturated carbocycles. The molecule has 1 aromatic carbocycles. The van der Waals surface area contributed by atoms with Crippen molar-refractivity contribution in [2.75, 3.05) is 5.32 Å². The van der Waals surface area contributed by atoms with E-state index >= 15 is 0 Å². The van der Waals surface area contributed by atoms with Gasteiger partial charge < -0.3 is 15.8 Å². The van der Waals surface area contributed by atoms with Crippen LogP contribution in [-0.4, -0.2) is 11.7 Å². The molecule has 2 heterocycles. The molecule has 0 fully saturated rings. The van der Waals surface area contributed by atoms with Crippen LogP contribution in [0, 0.1) is 18.3 Å². The van der Waals surface area contributed by atoms with Crippen LogP contribution in [0.15, 0.2) is 39.4 Å². The molecule has 2 aliphatic heterocycles. The van der Waals surface area contributed by atoms with Gasteiger partial charge >= 0.3 is 0 Å². The summed E-state index contributed by atoms with van der Waals surface area (Å²) in [7, 11) is 0. The SMILES string of the molecule is Cc1cc2c(cc1Br)NC(=O)C21C(C#N)=C(N)OC2=C1C(=O)CCC2. The number of benzene rings is 1. The Labute approximate surface area is 152 Å². The van der Waals surface area contributed by atoms with E-state index in [1.54, 1.807) is 6.07 Å². The number of ketones is 1. The molecule has 1 unspecified atom stereocenters. The van der Waals surface area contributed by atoms with Crippen LogP contribution in [-0.2, 0) is 19.7 Å². The van der Waals surface area contributed by atoms with Gasteiger partial charge in [0.25, 0.3) is 0 Å². The summed E-state index contributed by atoms with van der Waals surface area (Å²) in [5.41, 5.74) is 6.71. The van der Waals surface area contributed by atoms with Crippen molar-refractivity contribution in [3.8, 4) is 6.07 Å². The number of carbonyl (C=O) groups is 2. The molecule has 1 aliphatic carbocycles. The predicted octanol–water partition coefficient (Wildman–Crippen LogP) is 2.68. The van der Waals surface area contributed by atoms with Gasteiger partial charge in [-0.2, -0.15) is 5.26 Å². The number of anilines is 1. The second-order valence-corrected chi connectivity index (χ2v) is 7.23. The van der Waals surface area contributed by atoms with Gasteiger partial charge in [-0.15, -0.1) is 0 Å². The van der Waals surface area contributed by atoms with E-state index in [1.807, 2.05) is 19.1 Å². The first-order valence-electron chi connectivity index (χ1n) is 7.88. The summed E-state index contributed by atoms with van der Waals surface area (Å²) in [6.07, 6.45) is 1.47. The molecule has 25 heavy (non-hydrogen) atoms. The third-order valence-corrected chi connectivity index (χ3v) is 5.85. The monoisotopic (exact) mass is 399 g/mol. The largest absolute Gasteiger partial charge is 0.444 e. The van der Waals surface area contributed by atoms with Crippen LogP contribution >= 0.6 is 15.9 Å². The quantitative estimate of drug-likeness (QED) is 0.697. The highest BCUT2D eigenvalue weighted by molar-refractivity contribution is 9.10. The summed E-state index contributed by atoms with van der Waals surface area (Å²) >= 11 is 3.45. The van der Waals surface area contributed by atoms with Crippen molar-refractivity contribution in [2.45, 2.75) is 31.6 Å². The summed E-state index contributed by atoms with van der Waals surface area (Å²) in [6, 6.07) is 5.62. The minimum absolute atomic E-state index is 0.0283. The third-order valence-electron chi connectivity index (χ3n) is 5.00. The highest BCUT2D eigenvalue weighted by Gasteiger charge is 2.59. The molecule has 1 atom stereocenters. The van der Waals surface area contributed by atoms with Gasteiger partial charge in [0.2, 0.25) is 11.8 Å². The van der Waals surface area contributed by atoms with Crippen LogP contribution in [0.1, 0.15) is 30.4 Å². The zero-order chi connectivity index (χ0) is 17.9. The van der Waals surface area contributed by atoms with Crippen molar-refractivity contribution < 1.29 is 14.3 Å². The van der Waals surface area contributed by atoms with Crippen LogP contribution < -0.4 is 11.1 Å². The molecule has 6 nitrogen and oxygen atoms in total. The summed E-state index contributed by atoms with van der Waals surface area (Å²) in [6.45, 7) is 1.89. The molecule has 7 heteroatoms. The summed E-state index contributed by atoms with van der Waals surface area (Å²) in [5, 5.41) is 12.6. The first-order chi connectivity index (χ1) is 11.9. The summed E-state index contributed by atoms with van der Waals surface area (Å²) < 4.78 is 6.40. The molecule has 0 radical (unpaired) electrons. The molecule has 3 aliphatic rings. The second-order valence-electron chi connectivity index (χ2n) is 6.38. The standard InChI is InChI=1S/C18H14BrN3O3/c1-8-5-9-12(6-11(8)19)22-17(24)18(9)10(7-20)16(21)25-14-4-2-3-13(23)15(14)18/h5-6H,2-4,21H2,1H3,(H,22,24). The number of Topliss-reactive ketones (excluding diaryl/α,β-unsaturated/α-hetero) is 1. The fourth-order valence-corrected chi connectivity index (χ4v) is 4.24. The molecular weight excluding hydrogens is 386 g/mol. The van der Waals surface area contributed by atoms with Gasteiger partial charge in [0.1, 0.15) is 22.8 Å². The highest BCUT2D eigenvalue weighted by Crippen LogP contribution is 2.54. The number of carbonyl (C=O) groups excluding carboxylic acids is 2. The number of nitrogens with one attached hydrogen (secondary N) is 1. The number of nitrogens with zero attached hydrogens (tertiary/aromatic N) is 1. The first-order valence-corrected chi connectivity index (χ1v) is 8.67. The van der Waals surface area contributed by atoms with Crippen molar-refractivity contribution in [1.82, 2.24) is 0 Å². The lowest BCUT2D eigenvalue weighted by molar-refractivity contribution is -0.123. The van der Waals surface area contributed by atoms with E-state index in [0.717, 1.165) is 10.0 Å². The normalized spacial score (nSPS) is 24.7. The number of nitrogens with two attached hydrogens (primary N) is 1. The Balaban J connectivity index is 2.13. The number of aryl methyl sites for hydroxylation is 1.